The Morgan fingerprint density at radius 2 is 0.833 bits per heavy atom. The molecule has 0 aromatic rings. The first-order valence-electron chi connectivity index (χ1n) is 4.15. The quantitative estimate of drug-likeness (QED) is 0.535. The molecular formula is C8H18ClLiO2. The van der Waals surface area contributed by atoms with Crippen LogP contribution in [-0.4, -0.2) is 45.3 Å². The summed E-state index contributed by atoms with van der Waals surface area (Å²) in [6.07, 6.45) is 5.11. The monoisotopic (exact) mass is 188 g/mol. The van der Waals surface area contributed by atoms with Crippen LogP contribution in [0.15, 0.2) is 0 Å². The Morgan fingerprint density at radius 3 is 0.917 bits per heavy atom. The zero-order valence-electron chi connectivity index (χ0n) is 6.88. The number of halogens is 1. The molecule has 0 aromatic heterocycles. The molecule has 4 heteroatoms. The van der Waals surface area contributed by atoms with Gasteiger partial charge >= 0.3 is 18.9 Å². The third-order valence-corrected chi connectivity index (χ3v) is 1.65. The van der Waals surface area contributed by atoms with Crippen LogP contribution in [0.2, 0.25) is 0 Å². The average Bonchev–Trinajstić information content (AvgIpc) is 2.67. The predicted molar refractivity (Wildman–Crippen MR) is 54.5 cm³/mol. The Hall–Kier alpha value is 0.807. The normalized spacial score (nSPS) is 20.0. The summed E-state index contributed by atoms with van der Waals surface area (Å²) in [4.78, 5) is 0. The molecule has 12 heavy (non-hydrogen) atoms. The van der Waals surface area contributed by atoms with Crippen LogP contribution < -0.4 is 0 Å². The van der Waals surface area contributed by atoms with E-state index < -0.39 is 0 Å². The molecule has 2 aliphatic heterocycles. The number of hydrogen-bond acceptors (Lipinski definition) is 2. The van der Waals surface area contributed by atoms with Crippen molar-refractivity contribution in [3.8, 4) is 0 Å². The second-order valence-electron chi connectivity index (χ2n) is 2.64. The van der Waals surface area contributed by atoms with Gasteiger partial charge in [0.05, 0.1) is 0 Å². The molecule has 2 nitrogen and oxygen atoms in total. The molecule has 2 rings (SSSR count). The molecule has 0 radical (unpaired) electrons. The van der Waals surface area contributed by atoms with E-state index in [1.165, 1.54) is 25.7 Å². The molecule has 2 saturated heterocycles. The summed E-state index contributed by atoms with van der Waals surface area (Å²) in [6, 6.07) is 0. The fraction of sp³-hybridized carbons (Fsp3) is 1.00. The first-order valence-corrected chi connectivity index (χ1v) is 4.15. The average molecular weight is 189 g/mol. The minimum absolute atomic E-state index is 0. The van der Waals surface area contributed by atoms with Gasteiger partial charge in [0.25, 0.3) is 0 Å². The van der Waals surface area contributed by atoms with Crippen LogP contribution >= 0.6 is 12.4 Å². The summed E-state index contributed by atoms with van der Waals surface area (Å²) in [5.41, 5.74) is 0. The summed E-state index contributed by atoms with van der Waals surface area (Å²) >= 11 is 0. The molecule has 0 aromatic carbocycles. The zero-order valence-corrected chi connectivity index (χ0v) is 7.70. The van der Waals surface area contributed by atoms with E-state index in [2.05, 4.69) is 0 Å². The standard InChI is InChI=1S/2C4H8O.ClH.Li.H/c2*1-2-4-5-3-1;;;/h2*1-4H2;1H;;. The molecule has 0 aliphatic carbocycles. The Kier molecular flexibility index (Phi) is 15.0. The molecule has 0 bridgehead atoms. The second-order valence-corrected chi connectivity index (χ2v) is 2.64. The van der Waals surface area contributed by atoms with Gasteiger partial charge in [0.2, 0.25) is 0 Å². The van der Waals surface area contributed by atoms with Gasteiger partial charge in [-0.25, -0.2) is 0 Å². The molecule has 2 heterocycles. The maximum absolute atomic E-state index is 4.94. The van der Waals surface area contributed by atoms with Crippen molar-refractivity contribution in [2.24, 2.45) is 0 Å². The first-order chi connectivity index (χ1) is 5.00. The van der Waals surface area contributed by atoms with Crippen molar-refractivity contribution < 1.29 is 9.47 Å². The van der Waals surface area contributed by atoms with Crippen molar-refractivity contribution in [1.82, 2.24) is 0 Å². The van der Waals surface area contributed by atoms with Gasteiger partial charge in [-0.3, -0.25) is 0 Å². The van der Waals surface area contributed by atoms with E-state index in [1.807, 2.05) is 0 Å². The van der Waals surface area contributed by atoms with Crippen molar-refractivity contribution in [3.63, 3.8) is 0 Å². The molecule has 0 saturated carbocycles. The molecule has 70 valence electrons. The van der Waals surface area contributed by atoms with E-state index in [1.54, 1.807) is 0 Å². The van der Waals surface area contributed by atoms with Crippen LogP contribution in [-0.2, 0) is 9.47 Å². The van der Waals surface area contributed by atoms with Crippen molar-refractivity contribution >= 4 is 31.3 Å². The first kappa shape index (κ1) is 15.3. The van der Waals surface area contributed by atoms with Gasteiger partial charge in [0.15, 0.2) is 0 Å². The fourth-order valence-corrected chi connectivity index (χ4v) is 1.02. The topological polar surface area (TPSA) is 18.5 Å². The van der Waals surface area contributed by atoms with Crippen LogP contribution in [0, 0.1) is 0 Å². The van der Waals surface area contributed by atoms with E-state index in [9.17, 15) is 0 Å². The predicted octanol–water partition coefficient (Wildman–Crippen LogP) is 1.37. The van der Waals surface area contributed by atoms with Crippen molar-refractivity contribution in [2.75, 3.05) is 26.4 Å². The van der Waals surface area contributed by atoms with Crippen LogP contribution in [0.3, 0.4) is 0 Å². The zero-order chi connectivity index (χ0) is 7.07. The summed E-state index contributed by atoms with van der Waals surface area (Å²) in [7, 11) is 0. The van der Waals surface area contributed by atoms with Gasteiger partial charge in [-0.2, -0.15) is 0 Å². The van der Waals surface area contributed by atoms with Gasteiger partial charge < -0.3 is 9.47 Å². The van der Waals surface area contributed by atoms with E-state index in [-0.39, 0.29) is 31.3 Å². The van der Waals surface area contributed by atoms with Crippen LogP contribution in [0.4, 0.5) is 0 Å². The molecule has 0 N–H and O–H groups in total. The Labute approximate surface area is 93.0 Å². The molecular weight excluding hydrogens is 170 g/mol. The molecule has 2 aliphatic rings. The summed E-state index contributed by atoms with van der Waals surface area (Å²) in [6.45, 7) is 4.00. The van der Waals surface area contributed by atoms with E-state index in [0.717, 1.165) is 26.4 Å². The summed E-state index contributed by atoms with van der Waals surface area (Å²) in [5.74, 6) is 0. The van der Waals surface area contributed by atoms with Crippen LogP contribution in [0.25, 0.3) is 0 Å². The van der Waals surface area contributed by atoms with Gasteiger partial charge in [-0.1, -0.05) is 0 Å². The number of ether oxygens (including phenoxy) is 2. The third-order valence-electron chi connectivity index (χ3n) is 1.65. The fourth-order valence-electron chi connectivity index (χ4n) is 1.02. The van der Waals surface area contributed by atoms with Crippen LogP contribution in [0.1, 0.15) is 25.7 Å². The molecule has 0 unspecified atom stereocenters. The van der Waals surface area contributed by atoms with Crippen LogP contribution in [0.5, 0.6) is 0 Å². The Balaban J connectivity index is 0. The van der Waals surface area contributed by atoms with E-state index in [4.69, 9.17) is 9.47 Å². The van der Waals surface area contributed by atoms with Gasteiger partial charge in [-0.15, -0.1) is 12.4 Å². The molecule has 2 fully saturated rings. The molecule has 0 spiro atoms. The molecule has 0 amide bonds. The van der Waals surface area contributed by atoms with Crippen molar-refractivity contribution in [2.45, 2.75) is 25.7 Å². The summed E-state index contributed by atoms with van der Waals surface area (Å²) < 4.78 is 9.89. The Bertz CT molecular complexity index is 50.2. The SMILES string of the molecule is C1CCOC1.C1CCOC1.Cl.[LiH]. The minimum atomic E-state index is 0. The van der Waals surface area contributed by atoms with Gasteiger partial charge in [0, 0.05) is 26.4 Å². The van der Waals surface area contributed by atoms with E-state index in [0.29, 0.717) is 0 Å². The van der Waals surface area contributed by atoms with Crippen molar-refractivity contribution in [3.05, 3.63) is 0 Å². The third kappa shape index (κ3) is 8.90. The van der Waals surface area contributed by atoms with E-state index >= 15 is 0 Å². The second kappa shape index (κ2) is 11.8. The van der Waals surface area contributed by atoms with Gasteiger partial charge in [0.1, 0.15) is 0 Å². The number of hydrogen-bond donors (Lipinski definition) is 0. The summed E-state index contributed by atoms with van der Waals surface area (Å²) in [5, 5.41) is 0. The molecule has 0 atom stereocenters. The van der Waals surface area contributed by atoms with Crippen molar-refractivity contribution in [1.29, 1.82) is 0 Å². The number of rotatable bonds is 0. The van der Waals surface area contributed by atoms with Gasteiger partial charge in [-0.05, 0) is 25.7 Å². The maximum atomic E-state index is 4.94. The Morgan fingerprint density at radius 1 is 0.583 bits per heavy atom.